The lowest BCUT2D eigenvalue weighted by Crippen LogP contribution is -2.28. The maximum Gasteiger partial charge on any atom is 0.0598 e. The number of aliphatic hydroxyl groups is 1. The van der Waals surface area contributed by atoms with Gasteiger partial charge in [-0.25, -0.2) is 0 Å². The third-order valence-corrected chi connectivity index (χ3v) is 4.08. The molecule has 1 atom stereocenters. The number of rotatable bonds is 4. The minimum absolute atomic E-state index is 0.486. The van der Waals surface area contributed by atoms with Gasteiger partial charge in [-0.15, -0.1) is 0 Å². The molecule has 1 aromatic carbocycles. The van der Waals surface area contributed by atoms with Gasteiger partial charge in [-0.3, -0.25) is 0 Å². The van der Waals surface area contributed by atoms with Crippen LogP contribution in [0.3, 0.4) is 0 Å². The number of nitrogens with zero attached hydrogens (tertiary/aromatic N) is 1. The van der Waals surface area contributed by atoms with E-state index in [2.05, 4.69) is 29.2 Å². The maximum absolute atomic E-state index is 10.1. The monoisotopic (exact) mass is 245 g/mol. The molecular weight excluding hydrogens is 222 g/mol. The summed E-state index contributed by atoms with van der Waals surface area (Å²) in [6, 6.07) is 8.72. The zero-order chi connectivity index (χ0) is 12.8. The Morgan fingerprint density at radius 2 is 2.00 bits per heavy atom. The molecule has 0 spiro atoms. The fourth-order valence-electron chi connectivity index (χ4n) is 3.15. The summed E-state index contributed by atoms with van der Waals surface area (Å²) in [5, 5.41) is 10.1. The molecule has 0 saturated heterocycles. The van der Waals surface area contributed by atoms with Crippen LogP contribution >= 0.6 is 0 Å². The molecule has 1 aliphatic carbocycles. The molecule has 0 radical (unpaired) electrons. The van der Waals surface area contributed by atoms with Crippen molar-refractivity contribution in [3.63, 3.8) is 0 Å². The van der Waals surface area contributed by atoms with Crippen molar-refractivity contribution in [3.05, 3.63) is 29.8 Å². The van der Waals surface area contributed by atoms with Crippen LogP contribution < -0.4 is 4.90 Å². The van der Waals surface area contributed by atoms with Crippen LogP contribution in [0.4, 0.5) is 5.69 Å². The number of fused-ring (bicyclic) bond motifs is 1. The molecule has 1 heterocycles. The summed E-state index contributed by atoms with van der Waals surface area (Å²) in [7, 11) is 0. The van der Waals surface area contributed by atoms with Gasteiger partial charge in [-0.1, -0.05) is 18.2 Å². The first kappa shape index (κ1) is 12.0. The lowest BCUT2D eigenvalue weighted by Gasteiger charge is -2.23. The molecule has 1 N–H and O–H groups in total. The number of hydrogen-bond donors (Lipinski definition) is 1. The molecule has 2 aliphatic rings. The molecular formula is C16H23NO. The molecule has 3 rings (SSSR count). The van der Waals surface area contributed by atoms with Crippen LogP contribution in [-0.4, -0.2) is 23.8 Å². The zero-order valence-electron chi connectivity index (χ0n) is 11.4. The van der Waals surface area contributed by atoms with Gasteiger partial charge in [0.05, 0.1) is 5.60 Å². The van der Waals surface area contributed by atoms with Crippen LogP contribution in [0.2, 0.25) is 0 Å². The zero-order valence-corrected chi connectivity index (χ0v) is 11.4. The van der Waals surface area contributed by atoms with E-state index in [0.29, 0.717) is 5.92 Å². The Balaban J connectivity index is 1.81. The highest BCUT2D eigenvalue weighted by Gasteiger charge is 2.34. The predicted molar refractivity (Wildman–Crippen MR) is 75.0 cm³/mol. The van der Waals surface area contributed by atoms with Gasteiger partial charge in [0.2, 0.25) is 0 Å². The minimum atomic E-state index is -0.576. The van der Waals surface area contributed by atoms with E-state index in [0.717, 1.165) is 18.9 Å². The topological polar surface area (TPSA) is 23.5 Å². The van der Waals surface area contributed by atoms with Gasteiger partial charge in [0.1, 0.15) is 0 Å². The van der Waals surface area contributed by atoms with E-state index in [1.165, 1.54) is 30.6 Å². The summed E-state index contributed by atoms with van der Waals surface area (Å²) < 4.78 is 0. The Morgan fingerprint density at radius 3 is 2.67 bits per heavy atom. The lowest BCUT2D eigenvalue weighted by atomic mass is 9.89. The lowest BCUT2D eigenvalue weighted by molar-refractivity contribution is 0.0644. The molecule has 2 heteroatoms. The van der Waals surface area contributed by atoms with E-state index >= 15 is 0 Å². The Bertz CT molecular complexity index is 431. The Kier molecular flexibility index (Phi) is 2.86. The van der Waals surface area contributed by atoms with E-state index in [9.17, 15) is 5.11 Å². The van der Waals surface area contributed by atoms with Crippen molar-refractivity contribution in [1.29, 1.82) is 0 Å². The second-order valence-corrected chi connectivity index (χ2v) is 6.62. The summed E-state index contributed by atoms with van der Waals surface area (Å²) in [6.07, 6.45) is 3.65. The van der Waals surface area contributed by atoms with E-state index in [1.54, 1.807) is 0 Å². The van der Waals surface area contributed by atoms with Crippen molar-refractivity contribution in [2.24, 2.45) is 5.92 Å². The van der Waals surface area contributed by atoms with Gasteiger partial charge in [0.25, 0.3) is 0 Å². The second kappa shape index (κ2) is 4.27. The third kappa shape index (κ3) is 2.54. The smallest absolute Gasteiger partial charge is 0.0598 e. The van der Waals surface area contributed by atoms with Gasteiger partial charge in [-0.05, 0) is 50.7 Å². The molecule has 1 unspecified atom stereocenters. The quantitative estimate of drug-likeness (QED) is 0.880. The molecule has 1 aliphatic heterocycles. The summed E-state index contributed by atoms with van der Waals surface area (Å²) in [4.78, 5) is 2.53. The average Bonchev–Trinajstić information content (AvgIpc) is 3.03. The van der Waals surface area contributed by atoms with E-state index in [4.69, 9.17) is 0 Å². The normalized spacial score (nSPS) is 23.3. The van der Waals surface area contributed by atoms with Gasteiger partial charge in [0.15, 0.2) is 0 Å². The second-order valence-electron chi connectivity index (χ2n) is 6.62. The van der Waals surface area contributed by atoms with Crippen molar-refractivity contribution in [3.8, 4) is 0 Å². The fourth-order valence-corrected chi connectivity index (χ4v) is 3.15. The number of hydrogen-bond acceptors (Lipinski definition) is 2. The predicted octanol–water partition coefficient (Wildman–Crippen LogP) is 3.16. The first-order valence-electron chi connectivity index (χ1n) is 7.09. The molecule has 0 bridgehead atoms. The van der Waals surface area contributed by atoms with Crippen LogP contribution in [0, 0.1) is 5.92 Å². The third-order valence-electron chi connectivity index (χ3n) is 4.08. The van der Waals surface area contributed by atoms with Crippen LogP contribution in [0.15, 0.2) is 24.3 Å². The highest BCUT2D eigenvalue weighted by Crippen LogP contribution is 2.42. The van der Waals surface area contributed by atoms with Gasteiger partial charge in [0, 0.05) is 24.7 Å². The molecule has 1 saturated carbocycles. The molecule has 1 aromatic rings. The average molecular weight is 245 g/mol. The Hall–Kier alpha value is -1.02. The van der Waals surface area contributed by atoms with Crippen molar-refractivity contribution in [2.75, 3.05) is 18.0 Å². The van der Waals surface area contributed by atoms with E-state index < -0.39 is 5.60 Å². The Morgan fingerprint density at radius 1 is 1.28 bits per heavy atom. The highest BCUT2D eigenvalue weighted by molar-refractivity contribution is 5.60. The molecule has 0 amide bonds. The van der Waals surface area contributed by atoms with Crippen LogP contribution in [0.1, 0.15) is 44.6 Å². The van der Waals surface area contributed by atoms with Crippen molar-refractivity contribution >= 4 is 5.69 Å². The van der Waals surface area contributed by atoms with E-state index in [-0.39, 0.29) is 0 Å². The largest absolute Gasteiger partial charge is 0.390 e. The first-order chi connectivity index (χ1) is 8.53. The van der Waals surface area contributed by atoms with Crippen LogP contribution in [0.5, 0.6) is 0 Å². The fraction of sp³-hybridized carbons (Fsp3) is 0.625. The number of benzene rings is 1. The highest BCUT2D eigenvalue weighted by atomic mass is 16.3. The molecule has 18 heavy (non-hydrogen) atoms. The minimum Gasteiger partial charge on any atom is -0.390 e. The number of para-hydroxylation sites is 1. The summed E-state index contributed by atoms with van der Waals surface area (Å²) in [5.41, 5.74) is 2.26. The molecule has 2 nitrogen and oxygen atoms in total. The number of anilines is 1. The Labute approximate surface area is 110 Å². The van der Waals surface area contributed by atoms with Crippen molar-refractivity contribution in [1.82, 2.24) is 0 Å². The van der Waals surface area contributed by atoms with Gasteiger partial charge < -0.3 is 10.0 Å². The standard InChI is InChI=1S/C16H23NO/c1-16(2,18)9-13-11-17(10-12-7-8-12)15-6-4-3-5-14(13)15/h3-6,12-13,18H,7-11H2,1-2H3. The van der Waals surface area contributed by atoms with E-state index in [1.807, 2.05) is 13.8 Å². The van der Waals surface area contributed by atoms with Crippen molar-refractivity contribution in [2.45, 2.75) is 44.6 Å². The summed E-state index contributed by atoms with van der Waals surface area (Å²) in [5.74, 6) is 1.40. The molecule has 98 valence electrons. The summed E-state index contributed by atoms with van der Waals surface area (Å²) >= 11 is 0. The van der Waals surface area contributed by atoms with Gasteiger partial charge in [-0.2, -0.15) is 0 Å². The van der Waals surface area contributed by atoms with Crippen LogP contribution in [-0.2, 0) is 0 Å². The summed E-state index contributed by atoms with van der Waals surface area (Å²) in [6.45, 7) is 6.12. The SMILES string of the molecule is CC(C)(O)CC1CN(CC2CC2)c2ccccc21. The molecule has 0 aromatic heterocycles. The molecule has 1 fully saturated rings. The maximum atomic E-state index is 10.1. The van der Waals surface area contributed by atoms with Crippen LogP contribution in [0.25, 0.3) is 0 Å². The van der Waals surface area contributed by atoms with Gasteiger partial charge >= 0.3 is 0 Å². The van der Waals surface area contributed by atoms with Crippen molar-refractivity contribution < 1.29 is 5.11 Å². The first-order valence-corrected chi connectivity index (χ1v) is 7.09.